The van der Waals surface area contributed by atoms with Crippen molar-refractivity contribution in [3.8, 4) is 0 Å². The first-order valence-corrected chi connectivity index (χ1v) is 12.2. The van der Waals surface area contributed by atoms with Gasteiger partial charge in [0, 0.05) is 60.6 Å². The average molecular weight is 484 g/mol. The number of nitrogens with zero attached hydrogens (tertiary/aromatic N) is 2. The van der Waals surface area contributed by atoms with E-state index in [9.17, 15) is 9.59 Å². The molecule has 3 heterocycles. The smallest absolute Gasteiger partial charge is 0.411 e. The van der Waals surface area contributed by atoms with Crippen LogP contribution >= 0.6 is 0 Å². The van der Waals surface area contributed by atoms with Crippen LogP contribution in [0.1, 0.15) is 29.6 Å². The quantitative estimate of drug-likeness (QED) is 0.474. The predicted octanol–water partition coefficient (Wildman–Crippen LogP) is 4.66. The van der Waals surface area contributed by atoms with Crippen LogP contribution in [0.25, 0.3) is 10.9 Å². The fourth-order valence-electron chi connectivity index (χ4n) is 4.51. The summed E-state index contributed by atoms with van der Waals surface area (Å²) < 4.78 is 5.57. The van der Waals surface area contributed by atoms with E-state index in [4.69, 9.17) is 4.74 Å². The number of hydrogen-bond acceptors (Lipinski definition) is 5. The fourth-order valence-corrected chi connectivity index (χ4v) is 4.51. The van der Waals surface area contributed by atoms with Gasteiger partial charge in [0.1, 0.15) is 0 Å². The van der Waals surface area contributed by atoms with E-state index in [0.717, 1.165) is 36.8 Å². The standard InChI is InChI=1S/C28H29N5O3/c34-27(22-7-6-21-8-15-30-26(21)18-22)31-24-4-2-1-3-5-25(24)32-28(35)36-19-20-11-16-33(17-12-20)23-9-13-29-14-10-23/h1-4,6-10,13-15,18,20,30H,5,11-12,16-17,19H2,(H,31,34)(H,32,35). The molecule has 2 amide bonds. The molecule has 2 aliphatic rings. The van der Waals surface area contributed by atoms with Gasteiger partial charge in [0.2, 0.25) is 0 Å². The molecular formula is C28H29N5O3. The monoisotopic (exact) mass is 483 g/mol. The van der Waals surface area contributed by atoms with Gasteiger partial charge >= 0.3 is 6.09 Å². The Kier molecular flexibility index (Phi) is 7.12. The number of aromatic nitrogens is 2. The second kappa shape index (κ2) is 10.9. The molecule has 5 rings (SSSR count). The molecule has 3 N–H and O–H groups in total. The molecule has 2 aromatic heterocycles. The normalized spacial score (nSPS) is 16.2. The number of hydrogen-bond donors (Lipinski definition) is 3. The summed E-state index contributed by atoms with van der Waals surface area (Å²) in [7, 11) is 0. The number of carbonyl (C=O) groups excluding carboxylic acids is 2. The van der Waals surface area contributed by atoms with Gasteiger partial charge in [0.05, 0.1) is 12.3 Å². The fraction of sp³-hybridized carbons (Fsp3) is 0.250. The number of aromatic amines is 1. The highest BCUT2D eigenvalue weighted by Crippen LogP contribution is 2.23. The lowest BCUT2D eigenvalue weighted by molar-refractivity contribution is 0.0965. The molecule has 0 radical (unpaired) electrons. The van der Waals surface area contributed by atoms with E-state index in [1.165, 1.54) is 5.69 Å². The first-order chi connectivity index (χ1) is 17.7. The number of carbonyl (C=O) groups is 2. The maximum absolute atomic E-state index is 12.9. The van der Waals surface area contributed by atoms with Crippen molar-refractivity contribution in [1.29, 1.82) is 0 Å². The Hall–Kier alpha value is -4.33. The van der Waals surface area contributed by atoms with Gasteiger partial charge in [-0.2, -0.15) is 0 Å². The first kappa shape index (κ1) is 23.4. The molecular weight excluding hydrogens is 454 g/mol. The summed E-state index contributed by atoms with van der Waals surface area (Å²) in [6.07, 6.45) is 14.7. The Bertz CT molecular complexity index is 1320. The predicted molar refractivity (Wildman–Crippen MR) is 139 cm³/mol. The van der Waals surface area contributed by atoms with E-state index in [-0.39, 0.29) is 5.91 Å². The van der Waals surface area contributed by atoms with Crippen LogP contribution in [0, 0.1) is 5.92 Å². The average Bonchev–Trinajstić information content (AvgIpc) is 3.29. The van der Waals surface area contributed by atoms with Gasteiger partial charge < -0.3 is 19.9 Å². The lowest BCUT2D eigenvalue weighted by atomic mass is 9.97. The molecule has 0 atom stereocenters. The van der Waals surface area contributed by atoms with Gasteiger partial charge in [-0.3, -0.25) is 15.1 Å². The van der Waals surface area contributed by atoms with E-state index < -0.39 is 6.09 Å². The van der Waals surface area contributed by atoms with E-state index >= 15 is 0 Å². The minimum absolute atomic E-state index is 0.248. The summed E-state index contributed by atoms with van der Waals surface area (Å²) >= 11 is 0. The van der Waals surface area contributed by atoms with Crippen molar-refractivity contribution in [3.63, 3.8) is 0 Å². The van der Waals surface area contributed by atoms with Crippen molar-refractivity contribution in [2.24, 2.45) is 5.92 Å². The number of piperidine rings is 1. The van der Waals surface area contributed by atoms with Crippen LogP contribution in [-0.2, 0) is 4.74 Å². The van der Waals surface area contributed by atoms with Crippen LogP contribution in [0.2, 0.25) is 0 Å². The molecule has 0 bridgehead atoms. The highest BCUT2D eigenvalue weighted by molar-refractivity contribution is 5.99. The second-order valence-corrected chi connectivity index (χ2v) is 8.98. The summed E-state index contributed by atoms with van der Waals surface area (Å²) in [5.41, 5.74) is 3.73. The van der Waals surface area contributed by atoms with Crippen LogP contribution < -0.4 is 15.5 Å². The molecule has 1 saturated heterocycles. The molecule has 3 aromatic rings. The van der Waals surface area contributed by atoms with Crippen molar-refractivity contribution in [2.75, 3.05) is 24.6 Å². The third kappa shape index (κ3) is 5.66. The van der Waals surface area contributed by atoms with Crippen LogP contribution in [-0.4, -0.2) is 41.7 Å². The van der Waals surface area contributed by atoms with Gasteiger partial charge in [0.15, 0.2) is 0 Å². The Labute approximate surface area is 209 Å². The molecule has 0 saturated carbocycles. The zero-order valence-electron chi connectivity index (χ0n) is 19.9. The van der Waals surface area contributed by atoms with Crippen molar-refractivity contribution >= 4 is 28.6 Å². The molecule has 0 spiro atoms. The molecule has 8 heteroatoms. The summed E-state index contributed by atoms with van der Waals surface area (Å²) in [6, 6.07) is 11.5. The third-order valence-electron chi connectivity index (χ3n) is 6.57. The van der Waals surface area contributed by atoms with Crippen molar-refractivity contribution in [1.82, 2.24) is 20.6 Å². The number of rotatable bonds is 6. The van der Waals surface area contributed by atoms with E-state index in [2.05, 4.69) is 25.5 Å². The minimum Gasteiger partial charge on any atom is -0.449 e. The Morgan fingerprint density at radius 2 is 1.89 bits per heavy atom. The molecule has 1 aliphatic heterocycles. The molecule has 1 fully saturated rings. The topological polar surface area (TPSA) is 99.4 Å². The third-order valence-corrected chi connectivity index (χ3v) is 6.57. The Morgan fingerprint density at radius 3 is 2.72 bits per heavy atom. The maximum atomic E-state index is 12.9. The van der Waals surface area contributed by atoms with Crippen molar-refractivity contribution < 1.29 is 14.3 Å². The molecule has 1 aliphatic carbocycles. The van der Waals surface area contributed by atoms with Gasteiger partial charge in [-0.05, 0) is 60.6 Å². The maximum Gasteiger partial charge on any atom is 0.411 e. The molecule has 0 unspecified atom stereocenters. The SMILES string of the molecule is O=C(NC1=C(NC(=O)c2ccc3cc[nH]c3c2)C=CC=CC1)OCC1CCN(c2ccncc2)CC1. The highest BCUT2D eigenvalue weighted by atomic mass is 16.5. The molecule has 1 aromatic carbocycles. The number of alkyl carbamates (subject to hydrolysis) is 1. The van der Waals surface area contributed by atoms with Gasteiger partial charge in [-0.25, -0.2) is 4.79 Å². The van der Waals surface area contributed by atoms with Gasteiger partial charge in [-0.1, -0.05) is 24.3 Å². The van der Waals surface area contributed by atoms with E-state index in [1.54, 1.807) is 24.5 Å². The first-order valence-electron chi connectivity index (χ1n) is 12.2. The number of allylic oxidation sites excluding steroid dienone is 4. The largest absolute Gasteiger partial charge is 0.449 e. The minimum atomic E-state index is -0.509. The Morgan fingerprint density at radius 1 is 1.06 bits per heavy atom. The number of nitrogens with one attached hydrogen (secondary N) is 3. The number of fused-ring (bicyclic) bond motifs is 1. The number of amides is 2. The summed E-state index contributed by atoms with van der Waals surface area (Å²) in [4.78, 5) is 35.1. The van der Waals surface area contributed by atoms with Crippen LogP contribution in [0.15, 0.2) is 90.7 Å². The van der Waals surface area contributed by atoms with Crippen LogP contribution in [0.3, 0.4) is 0 Å². The van der Waals surface area contributed by atoms with Crippen molar-refractivity contribution in [3.05, 3.63) is 96.3 Å². The molecule has 184 valence electrons. The zero-order chi connectivity index (χ0) is 24.7. The summed E-state index contributed by atoms with van der Waals surface area (Å²) in [6.45, 7) is 2.21. The second-order valence-electron chi connectivity index (χ2n) is 8.98. The Balaban J connectivity index is 1.16. The van der Waals surface area contributed by atoms with Crippen LogP contribution in [0.4, 0.5) is 10.5 Å². The molecule has 8 nitrogen and oxygen atoms in total. The zero-order valence-corrected chi connectivity index (χ0v) is 19.9. The summed E-state index contributed by atoms with van der Waals surface area (Å²) in [5.74, 6) is 0.0699. The number of ether oxygens (including phenoxy) is 1. The van der Waals surface area contributed by atoms with Gasteiger partial charge in [-0.15, -0.1) is 0 Å². The van der Waals surface area contributed by atoms with E-state index in [0.29, 0.717) is 35.9 Å². The summed E-state index contributed by atoms with van der Waals surface area (Å²) in [5, 5.41) is 6.82. The number of H-pyrrole nitrogens is 1. The lowest BCUT2D eigenvalue weighted by Crippen LogP contribution is -2.36. The number of pyridine rings is 1. The van der Waals surface area contributed by atoms with E-state index in [1.807, 2.05) is 54.8 Å². The lowest BCUT2D eigenvalue weighted by Gasteiger charge is -2.33. The van der Waals surface area contributed by atoms with Crippen LogP contribution in [0.5, 0.6) is 0 Å². The number of anilines is 1. The molecule has 36 heavy (non-hydrogen) atoms. The van der Waals surface area contributed by atoms with Crippen molar-refractivity contribution in [2.45, 2.75) is 19.3 Å². The number of benzene rings is 1. The highest BCUT2D eigenvalue weighted by Gasteiger charge is 2.21. The van der Waals surface area contributed by atoms with Gasteiger partial charge in [0.25, 0.3) is 5.91 Å².